The number of esters is 1. The van der Waals surface area contributed by atoms with E-state index in [-0.39, 0.29) is 5.97 Å². The average molecular weight is 258 g/mol. The first-order valence-electron chi connectivity index (χ1n) is 6.11. The number of benzene rings is 2. The maximum atomic E-state index is 9.96. The van der Waals surface area contributed by atoms with Gasteiger partial charge in [-0.05, 0) is 24.3 Å². The van der Waals surface area contributed by atoms with Crippen molar-refractivity contribution in [1.82, 2.24) is 0 Å². The summed E-state index contributed by atoms with van der Waals surface area (Å²) in [5, 5.41) is 0. The van der Waals surface area contributed by atoms with Gasteiger partial charge in [0.2, 0.25) is 0 Å². The third-order valence-electron chi connectivity index (χ3n) is 2.24. The minimum atomic E-state index is -0.157. The molecule has 0 saturated heterocycles. The number of carbonyl (C=O) groups excluding carboxylic acids is 1. The summed E-state index contributed by atoms with van der Waals surface area (Å²) in [4.78, 5) is 9.96. The Morgan fingerprint density at radius 2 is 1.32 bits per heavy atom. The van der Waals surface area contributed by atoms with Crippen LogP contribution in [0, 0.1) is 0 Å². The van der Waals surface area contributed by atoms with Crippen LogP contribution >= 0.6 is 0 Å². The summed E-state index contributed by atoms with van der Waals surface area (Å²) in [6.07, 6.45) is 0.469. The van der Waals surface area contributed by atoms with Gasteiger partial charge in [-0.15, -0.1) is 0 Å². The zero-order valence-electron chi connectivity index (χ0n) is 11.2. The summed E-state index contributed by atoms with van der Waals surface area (Å²) in [5.74, 6) is 1.58. The Labute approximate surface area is 113 Å². The van der Waals surface area contributed by atoms with Gasteiger partial charge < -0.3 is 9.47 Å². The molecule has 2 rings (SSSR count). The maximum Gasteiger partial charge on any atom is 0.305 e. The fraction of sp³-hybridized carbons (Fsp3) is 0.188. The molecule has 3 nitrogen and oxygen atoms in total. The Morgan fingerprint density at radius 1 is 0.895 bits per heavy atom. The van der Waals surface area contributed by atoms with Crippen molar-refractivity contribution >= 4 is 5.97 Å². The summed E-state index contributed by atoms with van der Waals surface area (Å²) < 4.78 is 9.84. The van der Waals surface area contributed by atoms with Crippen LogP contribution in [0.3, 0.4) is 0 Å². The van der Waals surface area contributed by atoms with Crippen LogP contribution in [0.2, 0.25) is 0 Å². The van der Waals surface area contributed by atoms with Crippen LogP contribution in [0.1, 0.15) is 13.3 Å². The Kier molecular flexibility index (Phi) is 6.80. The molecule has 0 saturated carbocycles. The number of hydrogen-bond donors (Lipinski definition) is 0. The van der Waals surface area contributed by atoms with Gasteiger partial charge in [0.05, 0.1) is 7.11 Å². The standard InChI is InChI=1S/C12H10O.C4H8O2/c1-3-7-11(8-4-1)13-12-9-5-2-6-10-12;1-3-4(5)6-2/h1-10H;3H2,1-2H3. The first kappa shape index (κ1) is 14.8. The fourth-order valence-corrected chi connectivity index (χ4v) is 1.26. The third kappa shape index (κ3) is 6.27. The lowest BCUT2D eigenvalue weighted by atomic mass is 10.3. The third-order valence-corrected chi connectivity index (χ3v) is 2.24. The predicted molar refractivity (Wildman–Crippen MR) is 75.3 cm³/mol. The van der Waals surface area contributed by atoms with Crippen LogP contribution in [0.4, 0.5) is 0 Å². The Morgan fingerprint density at radius 3 is 1.58 bits per heavy atom. The van der Waals surface area contributed by atoms with E-state index in [1.807, 2.05) is 60.7 Å². The highest BCUT2D eigenvalue weighted by molar-refractivity contribution is 5.68. The largest absolute Gasteiger partial charge is 0.469 e. The molecule has 2 aromatic rings. The molecule has 0 aliphatic heterocycles. The van der Waals surface area contributed by atoms with E-state index in [4.69, 9.17) is 4.74 Å². The van der Waals surface area contributed by atoms with Crippen molar-refractivity contribution in [1.29, 1.82) is 0 Å². The summed E-state index contributed by atoms with van der Waals surface area (Å²) >= 11 is 0. The molecule has 0 N–H and O–H groups in total. The molecule has 0 unspecified atom stereocenters. The van der Waals surface area contributed by atoms with E-state index in [0.29, 0.717) is 6.42 Å². The minimum absolute atomic E-state index is 0.157. The number of rotatable bonds is 3. The lowest BCUT2D eigenvalue weighted by molar-refractivity contribution is -0.140. The molecule has 2 aromatic carbocycles. The second-order valence-corrected chi connectivity index (χ2v) is 3.66. The fourth-order valence-electron chi connectivity index (χ4n) is 1.26. The van der Waals surface area contributed by atoms with Gasteiger partial charge in [-0.2, -0.15) is 0 Å². The number of carbonyl (C=O) groups is 1. The van der Waals surface area contributed by atoms with Gasteiger partial charge in [-0.3, -0.25) is 4.79 Å². The van der Waals surface area contributed by atoms with Crippen LogP contribution in [-0.2, 0) is 9.53 Å². The molecule has 0 spiro atoms. The summed E-state index contributed by atoms with van der Waals surface area (Å²) in [6.45, 7) is 1.76. The Bertz CT molecular complexity index is 422. The highest BCUT2D eigenvalue weighted by atomic mass is 16.5. The van der Waals surface area contributed by atoms with Crippen molar-refractivity contribution < 1.29 is 14.3 Å². The number of para-hydroxylation sites is 2. The Balaban J connectivity index is 0.000000258. The molecule has 100 valence electrons. The second-order valence-electron chi connectivity index (χ2n) is 3.66. The van der Waals surface area contributed by atoms with Crippen molar-refractivity contribution in [3.63, 3.8) is 0 Å². The quantitative estimate of drug-likeness (QED) is 0.779. The molecule has 0 radical (unpaired) electrons. The SMILES string of the molecule is CCC(=O)OC.c1ccc(Oc2ccccc2)cc1. The van der Waals surface area contributed by atoms with Crippen LogP contribution in [0.15, 0.2) is 60.7 Å². The molecular formula is C16H18O3. The molecule has 19 heavy (non-hydrogen) atoms. The average Bonchev–Trinajstić information content (AvgIpc) is 2.49. The zero-order valence-corrected chi connectivity index (χ0v) is 11.2. The summed E-state index contributed by atoms with van der Waals surface area (Å²) in [7, 11) is 1.38. The zero-order chi connectivity index (χ0) is 13.9. The lowest BCUT2D eigenvalue weighted by Gasteiger charge is -2.03. The number of hydrogen-bond acceptors (Lipinski definition) is 3. The molecule has 0 heterocycles. The molecule has 0 aliphatic carbocycles. The number of methoxy groups -OCH3 is 1. The van der Waals surface area contributed by atoms with Crippen LogP contribution < -0.4 is 4.74 Å². The van der Waals surface area contributed by atoms with Gasteiger partial charge >= 0.3 is 5.97 Å². The Hall–Kier alpha value is -2.29. The van der Waals surface area contributed by atoms with Crippen LogP contribution in [-0.4, -0.2) is 13.1 Å². The van der Waals surface area contributed by atoms with E-state index in [1.54, 1.807) is 6.92 Å². The first-order chi connectivity index (χ1) is 9.26. The topological polar surface area (TPSA) is 35.5 Å². The second kappa shape index (κ2) is 8.75. The molecule has 0 amide bonds. The van der Waals surface area contributed by atoms with Crippen molar-refractivity contribution in [3.05, 3.63) is 60.7 Å². The molecule has 0 aliphatic rings. The molecule has 3 heteroatoms. The summed E-state index contributed by atoms with van der Waals surface area (Å²) in [6, 6.07) is 19.5. The van der Waals surface area contributed by atoms with Crippen LogP contribution in [0.5, 0.6) is 11.5 Å². The molecule has 0 aromatic heterocycles. The predicted octanol–water partition coefficient (Wildman–Crippen LogP) is 4.05. The van der Waals surface area contributed by atoms with E-state index in [1.165, 1.54) is 7.11 Å². The highest BCUT2D eigenvalue weighted by Gasteiger charge is 1.92. The van der Waals surface area contributed by atoms with E-state index in [0.717, 1.165) is 11.5 Å². The van der Waals surface area contributed by atoms with Gasteiger partial charge in [0.15, 0.2) is 0 Å². The normalized spacial score (nSPS) is 8.95. The highest BCUT2D eigenvalue weighted by Crippen LogP contribution is 2.19. The number of ether oxygens (including phenoxy) is 2. The van der Waals surface area contributed by atoms with Crippen molar-refractivity contribution in [3.8, 4) is 11.5 Å². The van der Waals surface area contributed by atoms with Gasteiger partial charge in [0.25, 0.3) is 0 Å². The molecule has 0 fully saturated rings. The van der Waals surface area contributed by atoms with E-state index < -0.39 is 0 Å². The van der Waals surface area contributed by atoms with E-state index >= 15 is 0 Å². The molecule has 0 atom stereocenters. The van der Waals surface area contributed by atoms with Crippen molar-refractivity contribution in [2.75, 3.05) is 7.11 Å². The van der Waals surface area contributed by atoms with Crippen molar-refractivity contribution in [2.45, 2.75) is 13.3 Å². The smallest absolute Gasteiger partial charge is 0.305 e. The molecule has 0 bridgehead atoms. The van der Waals surface area contributed by atoms with Gasteiger partial charge in [0, 0.05) is 6.42 Å². The minimum Gasteiger partial charge on any atom is -0.469 e. The van der Waals surface area contributed by atoms with Gasteiger partial charge in [-0.25, -0.2) is 0 Å². The maximum absolute atomic E-state index is 9.96. The first-order valence-corrected chi connectivity index (χ1v) is 6.11. The van der Waals surface area contributed by atoms with Crippen LogP contribution in [0.25, 0.3) is 0 Å². The summed E-state index contributed by atoms with van der Waals surface area (Å²) in [5.41, 5.74) is 0. The monoisotopic (exact) mass is 258 g/mol. The van der Waals surface area contributed by atoms with E-state index in [9.17, 15) is 4.79 Å². The lowest BCUT2D eigenvalue weighted by Crippen LogP contribution is -1.94. The molecular weight excluding hydrogens is 240 g/mol. The van der Waals surface area contributed by atoms with Gasteiger partial charge in [0.1, 0.15) is 11.5 Å². The van der Waals surface area contributed by atoms with Crippen molar-refractivity contribution in [2.24, 2.45) is 0 Å². The van der Waals surface area contributed by atoms with E-state index in [2.05, 4.69) is 4.74 Å². The van der Waals surface area contributed by atoms with Gasteiger partial charge in [-0.1, -0.05) is 43.3 Å².